The highest BCUT2D eigenvalue weighted by Crippen LogP contribution is 2.50. The molecule has 0 aliphatic carbocycles. The van der Waals surface area contributed by atoms with Crippen molar-refractivity contribution in [1.29, 1.82) is 0 Å². The first-order valence-electron chi connectivity index (χ1n) is 15.3. The van der Waals surface area contributed by atoms with E-state index in [4.69, 9.17) is 11.6 Å². The molecular formula is C32H37ClF5N3O4. The molecule has 0 bridgehead atoms. The Labute approximate surface area is 263 Å². The summed E-state index contributed by atoms with van der Waals surface area (Å²) in [6, 6.07) is 10.7. The molecule has 0 unspecified atom stereocenters. The first kappa shape index (κ1) is 33.4. The van der Waals surface area contributed by atoms with E-state index < -0.39 is 29.2 Å². The van der Waals surface area contributed by atoms with Crippen molar-refractivity contribution in [2.75, 3.05) is 44.2 Å². The first-order chi connectivity index (χ1) is 21.3. The number of nitrogens with zero attached hydrogens (tertiary/aromatic N) is 3. The molecule has 3 heterocycles. The lowest BCUT2D eigenvalue weighted by atomic mass is 9.78. The highest BCUT2D eigenvalue weighted by molar-refractivity contribution is 6.34. The molecule has 2 aromatic carbocycles. The van der Waals surface area contributed by atoms with Crippen LogP contribution >= 0.6 is 11.6 Å². The average molecular weight is 658 g/mol. The van der Waals surface area contributed by atoms with Crippen molar-refractivity contribution < 1.29 is 41.8 Å². The van der Waals surface area contributed by atoms with Gasteiger partial charge >= 0.3 is 12.1 Å². The maximum Gasteiger partial charge on any atom is 0.457 e. The van der Waals surface area contributed by atoms with Gasteiger partial charge in [-0.05, 0) is 74.1 Å². The monoisotopic (exact) mass is 657 g/mol. The molecule has 5 rings (SSSR count). The van der Waals surface area contributed by atoms with E-state index in [1.165, 1.54) is 18.2 Å². The zero-order chi connectivity index (χ0) is 32.6. The summed E-state index contributed by atoms with van der Waals surface area (Å²) in [5.74, 6) is -7.14. The number of likely N-dealkylation sites (tertiary alicyclic amines) is 2. The van der Waals surface area contributed by atoms with Gasteiger partial charge in [-0.1, -0.05) is 41.9 Å². The van der Waals surface area contributed by atoms with Crippen molar-refractivity contribution >= 4 is 29.1 Å². The van der Waals surface area contributed by atoms with E-state index in [2.05, 4.69) is 4.90 Å². The smallest absolute Gasteiger partial charge is 0.394 e. The van der Waals surface area contributed by atoms with Crippen LogP contribution in [-0.2, 0) is 10.4 Å². The van der Waals surface area contributed by atoms with E-state index in [1.807, 2.05) is 6.07 Å². The van der Waals surface area contributed by atoms with Gasteiger partial charge in [0.15, 0.2) is 0 Å². The second-order valence-electron chi connectivity index (χ2n) is 12.2. The number of rotatable bonds is 7. The van der Waals surface area contributed by atoms with Crippen LogP contribution in [0.15, 0.2) is 48.5 Å². The SMILES string of the molecule is O=C(c1ccc(N2CCC(C3CCN(C(=O)[C@](O)(c4ccccc4)C(F)(F)C(F)(F)F)CC3)CC2)cc1Cl)N1CCC[C@H]1CO. The summed E-state index contributed by atoms with van der Waals surface area (Å²) in [7, 11) is 0. The Morgan fingerprint density at radius 3 is 2.00 bits per heavy atom. The molecule has 7 nitrogen and oxygen atoms in total. The van der Waals surface area contributed by atoms with Gasteiger partial charge in [0, 0.05) is 38.4 Å². The fourth-order valence-corrected chi connectivity index (χ4v) is 7.33. The number of hydrogen-bond acceptors (Lipinski definition) is 5. The Bertz CT molecular complexity index is 1360. The average Bonchev–Trinajstić information content (AvgIpc) is 3.53. The van der Waals surface area contributed by atoms with E-state index in [0.717, 1.165) is 48.4 Å². The largest absolute Gasteiger partial charge is 0.457 e. The van der Waals surface area contributed by atoms with Crippen LogP contribution in [0, 0.1) is 11.8 Å². The molecule has 0 saturated carbocycles. The highest BCUT2D eigenvalue weighted by Gasteiger charge is 2.74. The Kier molecular flexibility index (Phi) is 9.68. The molecule has 2 atom stereocenters. The number of aliphatic hydroxyl groups is 2. The molecule has 2 aromatic rings. The van der Waals surface area contributed by atoms with Crippen molar-refractivity contribution in [3.05, 3.63) is 64.7 Å². The number of anilines is 1. The number of amides is 2. The molecule has 45 heavy (non-hydrogen) atoms. The molecule has 0 aromatic heterocycles. The minimum atomic E-state index is -6.14. The molecule has 13 heteroatoms. The second kappa shape index (κ2) is 13.0. The fraction of sp³-hybridized carbons (Fsp3) is 0.562. The first-order valence-corrected chi connectivity index (χ1v) is 15.7. The van der Waals surface area contributed by atoms with Gasteiger partial charge in [0.1, 0.15) is 0 Å². The predicted molar refractivity (Wildman–Crippen MR) is 158 cm³/mol. The van der Waals surface area contributed by atoms with Gasteiger partial charge in [-0.3, -0.25) is 9.59 Å². The number of piperidine rings is 2. The van der Waals surface area contributed by atoms with Crippen molar-refractivity contribution in [3.8, 4) is 0 Å². The van der Waals surface area contributed by atoms with Crippen molar-refractivity contribution in [2.45, 2.75) is 62.3 Å². The summed E-state index contributed by atoms with van der Waals surface area (Å²) in [6.07, 6.45) is -2.09. The molecule has 246 valence electrons. The Morgan fingerprint density at radius 1 is 0.844 bits per heavy atom. The molecule has 3 aliphatic rings. The molecule has 2 N–H and O–H groups in total. The van der Waals surface area contributed by atoms with E-state index in [9.17, 15) is 41.8 Å². The standard InChI is InChI=1S/C32H37ClF5N3O4/c33-27-19-24(8-9-26(27)28(43)41-14-4-7-25(41)20-42)39-15-10-21(11-16-39)22-12-17-40(18-13-22)29(44)30(45,23-5-2-1-3-6-23)31(34,35)32(36,37)38/h1-3,5-6,8-9,19,21-22,25,42,45H,4,7,10-18,20H2/t25-,30+/m0/s1. The lowest BCUT2D eigenvalue weighted by Crippen LogP contribution is -2.63. The molecule has 3 fully saturated rings. The lowest BCUT2D eigenvalue weighted by molar-refractivity contribution is -0.339. The fourth-order valence-electron chi connectivity index (χ4n) is 7.08. The minimum absolute atomic E-state index is 0.0357. The zero-order valence-corrected chi connectivity index (χ0v) is 25.4. The Balaban J connectivity index is 1.19. The van der Waals surface area contributed by atoms with Gasteiger partial charge in [-0.2, -0.15) is 22.0 Å². The van der Waals surface area contributed by atoms with Crippen molar-refractivity contribution in [2.24, 2.45) is 11.8 Å². The third-order valence-corrected chi connectivity index (χ3v) is 10.1. The third-order valence-electron chi connectivity index (χ3n) is 9.74. The summed E-state index contributed by atoms with van der Waals surface area (Å²) in [5.41, 5.74) is -3.62. The maximum absolute atomic E-state index is 14.7. The quantitative estimate of drug-likeness (QED) is 0.386. The lowest BCUT2D eigenvalue weighted by Gasteiger charge is -2.43. The number of benzene rings is 2. The van der Waals surface area contributed by atoms with Gasteiger partial charge in [0.05, 0.1) is 23.2 Å². The summed E-state index contributed by atoms with van der Waals surface area (Å²) >= 11 is 6.53. The summed E-state index contributed by atoms with van der Waals surface area (Å²) < 4.78 is 69.8. The van der Waals surface area contributed by atoms with Crippen LogP contribution in [-0.4, -0.2) is 89.3 Å². The summed E-state index contributed by atoms with van der Waals surface area (Å²) in [4.78, 5) is 31.0. The number of halogens is 6. The number of alkyl halides is 5. The third kappa shape index (κ3) is 6.25. The number of carbonyl (C=O) groups excluding carboxylic acids is 2. The molecule has 0 spiro atoms. The van der Waals surface area contributed by atoms with Gasteiger partial charge in [-0.15, -0.1) is 0 Å². The van der Waals surface area contributed by atoms with Crippen LogP contribution in [0.1, 0.15) is 54.4 Å². The van der Waals surface area contributed by atoms with Gasteiger partial charge < -0.3 is 24.9 Å². The normalized spacial score (nSPS) is 22.0. The van der Waals surface area contributed by atoms with Crippen molar-refractivity contribution in [1.82, 2.24) is 9.80 Å². The van der Waals surface area contributed by atoms with E-state index >= 15 is 0 Å². The Morgan fingerprint density at radius 2 is 1.44 bits per heavy atom. The van der Waals surface area contributed by atoms with Gasteiger partial charge in [0.2, 0.25) is 5.60 Å². The minimum Gasteiger partial charge on any atom is -0.394 e. The predicted octanol–water partition coefficient (Wildman–Crippen LogP) is 5.48. The zero-order valence-electron chi connectivity index (χ0n) is 24.7. The highest BCUT2D eigenvalue weighted by atomic mass is 35.5. The van der Waals surface area contributed by atoms with Crippen LogP contribution in [0.2, 0.25) is 5.02 Å². The number of hydrogen-bond donors (Lipinski definition) is 2. The number of carbonyl (C=O) groups is 2. The second-order valence-corrected chi connectivity index (χ2v) is 12.7. The van der Waals surface area contributed by atoms with Crippen LogP contribution in [0.5, 0.6) is 0 Å². The van der Waals surface area contributed by atoms with Gasteiger partial charge in [-0.25, -0.2) is 0 Å². The van der Waals surface area contributed by atoms with Crippen molar-refractivity contribution in [3.63, 3.8) is 0 Å². The molecule has 3 aliphatic heterocycles. The van der Waals surface area contributed by atoms with E-state index in [0.29, 0.717) is 43.1 Å². The van der Waals surface area contributed by atoms with Crippen LogP contribution < -0.4 is 4.90 Å². The summed E-state index contributed by atoms with van der Waals surface area (Å²) in [5, 5.41) is 20.8. The topological polar surface area (TPSA) is 84.3 Å². The molecule has 2 amide bonds. The molecule has 3 saturated heterocycles. The van der Waals surface area contributed by atoms with E-state index in [1.54, 1.807) is 17.0 Å². The van der Waals surface area contributed by atoms with Gasteiger partial charge in [0.25, 0.3) is 11.8 Å². The summed E-state index contributed by atoms with van der Waals surface area (Å²) in [6.45, 7) is 1.83. The maximum atomic E-state index is 14.7. The van der Waals surface area contributed by atoms with Crippen LogP contribution in [0.25, 0.3) is 0 Å². The van der Waals surface area contributed by atoms with E-state index in [-0.39, 0.29) is 43.5 Å². The van der Waals surface area contributed by atoms with Crippen LogP contribution in [0.4, 0.5) is 27.6 Å². The number of aliphatic hydroxyl groups excluding tert-OH is 1. The Hall–Kier alpha value is -2.96. The molecule has 0 radical (unpaired) electrons. The molecular weight excluding hydrogens is 621 g/mol. The van der Waals surface area contributed by atoms with Crippen LogP contribution in [0.3, 0.4) is 0 Å².